The van der Waals surface area contributed by atoms with E-state index >= 15 is 0 Å². The summed E-state index contributed by atoms with van der Waals surface area (Å²) >= 11 is 0. The number of hydrogen-bond acceptors (Lipinski definition) is 5. The fourth-order valence-corrected chi connectivity index (χ4v) is 2.73. The minimum atomic E-state index is -0.622. The van der Waals surface area contributed by atoms with E-state index in [1.54, 1.807) is 20.0 Å². The lowest BCUT2D eigenvalue weighted by molar-refractivity contribution is -0.120. The summed E-state index contributed by atoms with van der Waals surface area (Å²) in [5, 5.41) is 12.4. The first-order chi connectivity index (χ1) is 13.5. The minimum absolute atomic E-state index is 0.0508. The molecular formula is C21H22N4O3. The van der Waals surface area contributed by atoms with E-state index in [0.717, 1.165) is 16.8 Å². The minimum Gasteiger partial charge on any atom is -0.370 e. The van der Waals surface area contributed by atoms with E-state index < -0.39 is 6.04 Å². The topological polar surface area (TPSA) is 96.3 Å². The second-order valence-corrected chi connectivity index (χ2v) is 6.35. The number of likely N-dealkylation sites (N-methyl/N-ethyl adjacent to an activating group) is 1. The molecule has 2 amide bonds. The first-order valence-electron chi connectivity index (χ1n) is 8.90. The Morgan fingerprint density at radius 1 is 1.07 bits per heavy atom. The van der Waals surface area contributed by atoms with Gasteiger partial charge in [-0.3, -0.25) is 9.59 Å². The molecule has 0 aliphatic heterocycles. The molecule has 0 fully saturated rings. The van der Waals surface area contributed by atoms with E-state index in [4.69, 9.17) is 4.52 Å². The molecule has 7 nitrogen and oxygen atoms in total. The number of nitrogens with zero attached hydrogens (tertiary/aromatic N) is 1. The maximum Gasteiger partial charge on any atom is 0.252 e. The van der Waals surface area contributed by atoms with Gasteiger partial charge in [0.15, 0.2) is 5.82 Å². The van der Waals surface area contributed by atoms with Crippen LogP contribution in [0.25, 0.3) is 0 Å². The molecule has 0 saturated carbocycles. The first kappa shape index (κ1) is 19.2. The Morgan fingerprint density at radius 2 is 1.79 bits per heavy atom. The lowest BCUT2D eigenvalue weighted by Gasteiger charge is -2.19. The Morgan fingerprint density at radius 3 is 2.39 bits per heavy atom. The number of nitrogens with one attached hydrogen (secondary N) is 3. The summed E-state index contributed by atoms with van der Waals surface area (Å²) in [6, 6.07) is 17.9. The van der Waals surface area contributed by atoms with Gasteiger partial charge in [-0.25, -0.2) is 0 Å². The van der Waals surface area contributed by atoms with Gasteiger partial charge in [0.2, 0.25) is 5.91 Å². The number of carbonyl (C=O) groups is 2. The van der Waals surface area contributed by atoms with Crippen LogP contribution in [0.1, 0.15) is 22.9 Å². The molecule has 3 N–H and O–H groups in total. The Balaban J connectivity index is 1.77. The van der Waals surface area contributed by atoms with Crippen molar-refractivity contribution in [2.75, 3.05) is 17.7 Å². The van der Waals surface area contributed by atoms with E-state index in [1.807, 2.05) is 54.6 Å². The van der Waals surface area contributed by atoms with Gasteiger partial charge in [-0.1, -0.05) is 47.6 Å². The maximum absolute atomic E-state index is 12.9. The molecule has 144 valence electrons. The van der Waals surface area contributed by atoms with Crippen LogP contribution >= 0.6 is 0 Å². The van der Waals surface area contributed by atoms with Crippen LogP contribution in [0.4, 0.5) is 11.5 Å². The highest BCUT2D eigenvalue weighted by Gasteiger charge is 2.21. The zero-order valence-corrected chi connectivity index (χ0v) is 15.7. The standard InChI is InChI=1S/C21H22N4O3/c1-14-12-18(25-28-14)24-21(27)20(16-6-4-3-5-7-16)23-17-10-8-15(9-11-17)13-19(26)22-2/h3-12,20,23H,13H2,1-2H3,(H,22,26)(H,24,25,27). The van der Waals surface area contributed by atoms with Gasteiger partial charge in [0.05, 0.1) is 6.42 Å². The quantitative estimate of drug-likeness (QED) is 0.587. The van der Waals surface area contributed by atoms with Crippen LogP contribution in [0.2, 0.25) is 0 Å². The molecule has 3 rings (SSSR count). The normalized spacial score (nSPS) is 11.5. The van der Waals surface area contributed by atoms with E-state index in [2.05, 4.69) is 21.1 Å². The third-order valence-electron chi connectivity index (χ3n) is 4.18. The van der Waals surface area contributed by atoms with Crippen molar-refractivity contribution in [3.63, 3.8) is 0 Å². The van der Waals surface area contributed by atoms with Gasteiger partial charge in [0, 0.05) is 18.8 Å². The Labute approximate surface area is 163 Å². The zero-order chi connectivity index (χ0) is 19.9. The predicted molar refractivity (Wildman–Crippen MR) is 107 cm³/mol. The number of rotatable bonds is 7. The molecule has 0 spiro atoms. The van der Waals surface area contributed by atoms with Crippen molar-refractivity contribution >= 4 is 23.3 Å². The average Bonchev–Trinajstić information content (AvgIpc) is 3.12. The molecular weight excluding hydrogens is 356 g/mol. The molecule has 0 bridgehead atoms. The fourth-order valence-electron chi connectivity index (χ4n) is 2.73. The van der Waals surface area contributed by atoms with Gasteiger partial charge in [-0.05, 0) is 30.2 Å². The molecule has 28 heavy (non-hydrogen) atoms. The number of hydrogen-bond donors (Lipinski definition) is 3. The largest absolute Gasteiger partial charge is 0.370 e. The molecule has 0 radical (unpaired) electrons. The lowest BCUT2D eigenvalue weighted by atomic mass is 10.0. The summed E-state index contributed by atoms with van der Waals surface area (Å²) in [4.78, 5) is 24.4. The Hall–Kier alpha value is -3.61. The van der Waals surface area contributed by atoms with Crippen LogP contribution in [0.3, 0.4) is 0 Å². The molecule has 0 aliphatic rings. The highest BCUT2D eigenvalue weighted by molar-refractivity contribution is 5.96. The summed E-state index contributed by atoms with van der Waals surface area (Å²) < 4.78 is 5.01. The SMILES string of the molecule is CNC(=O)Cc1ccc(NC(C(=O)Nc2cc(C)on2)c2ccccc2)cc1. The van der Waals surface area contributed by atoms with Gasteiger partial charge < -0.3 is 20.5 Å². The van der Waals surface area contributed by atoms with Crippen molar-refractivity contribution in [2.24, 2.45) is 0 Å². The molecule has 3 aromatic rings. The highest BCUT2D eigenvalue weighted by atomic mass is 16.5. The lowest BCUT2D eigenvalue weighted by Crippen LogP contribution is -2.27. The van der Waals surface area contributed by atoms with Crippen LogP contribution in [0, 0.1) is 6.92 Å². The van der Waals surface area contributed by atoms with Gasteiger partial charge in [-0.2, -0.15) is 0 Å². The number of aryl methyl sites for hydroxylation is 1. The summed E-state index contributed by atoms with van der Waals surface area (Å²) in [7, 11) is 1.61. The van der Waals surface area contributed by atoms with E-state index in [1.165, 1.54) is 0 Å². The molecule has 2 aromatic carbocycles. The molecule has 1 unspecified atom stereocenters. The number of anilines is 2. The van der Waals surface area contributed by atoms with Crippen LogP contribution in [0.5, 0.6) is 0 Å². The second kappa shape index (κ2) is 8.85. The summed E-state index contributed by atoms with van der Waals surface area (Å²) in [5.74, 6) is 0.677. The number of carbonyl (C=O) groups excluding carboxylic acids is 2. The van der Waals surface area contributed by atoms with Crippen LogP contribution < -0.4 is 16.0 Å². The van der Waals surface area contributed by atoms with E-state index in [9.17, 15) is 9.59 Å². The van der Waals surface area contributed by atoms with E-state index in [-0.39, 0.29) is 11.8 Å². The fraction of sp³-hybridized carbons (Fsp3) is 0.190. The Kier molecular flexibility index (Phi) is 6.06. The Bertz CT molecular complexity index is 936. The molecule has 0 aliphatic carbocycles. The monoisotopic (exact) mass is 378 g/mol. The van der Waals surface area contributed by atoms with Crippen molar-refractivity contribution in [3.05, 3.63) is 77.6 Å². The number of amides is 2. The predicted octanol–water partition coefficient (Wildman–Crippen LogP) is 3.06. The van der Waals surface area contributed by atoms with E-state index in [0.29, 0.717) is 18.0 Å². The van der Waals surface area contributed by atoms with Crippen molar-refractivity contribution in [1.82, 2.24) is 10.5 Å². The van der Waals surface area contributed by atoms with Crippen molar-refractivity contribution < 1.29 is 14.1 Å². The molecule has 7 heteroatoms. The third kappa shape index (κ3) is 4.97. The second-order valence-electron chi connectivity index (χ2n) is 6.35. The van der Waals surface area contributed by atoms with Crippen LogP contribution in [0.15, 0.2) is 65.2 Å². The summed E-state index contributed by atoms with van der Waals surface area (Å²) in [6.07, 6.45) is 0.310. The van der Waals surface area contributed by atoms with Crippen molar-refractivity contribution in [3.8, 4) is 0 Å². The smallest absolute Gasteiger partial charge is 0.252 e. The third-order valence-corrected chi connectivity index (χ3v) is 4.18. The van der Waals surface area contributed by atoms with Crippen LogP contribution in [-0.4, -0.2) is 24.0 Å². The zero-order valence-electron chi connectivity index (χ0n) is 15.7. The van der Waals surface area contributed by atoms with Crippen molar-refractivity contribution in [2.45, 2.75) is 19.4 Å². The van der Waals surface area contributed by atoms with Crippen molar-refractivity contribution in [1.29, 1.82) is 0 Å². The molecule has 1 atom stereocenters. The van der Waals surface area contributed by atoms with Gasteiger partial charge >= 0.3 is 0 Å². The number of benzene rings is 2. The molecule has 0 saturated heterocycles. The van der Waals surface area contributed by atoms with Crippen LogP contribution in [-0.2, 0) is 16.0 Å². The highest BCUT2D eigenvalue weighted by Crippen LogP contribution is 2.22. The number of aromatic nitrogens is 1. The summed E-state index contributed by atoms with van der Waals surface area (Å²) in [5.41, 5.74) is 2.47. The molecule has 1 aromatic heterocycles. The first-order valence-corrected chi connectivity index (χ1v) is 8.90. The van der Waals surface area contributed by atoms with Gasteiger partial charge in [0.25, 0.3) is 5.91 Å². The molecule has 1 heterocycles. The van der Waals surface area contributed by atoms with Gasteiger partial charge in [0.1, 0.15) is 11.8 Å². The maximum atomic E-state index is 12.9. The summed E-state index contributed by atoms with van der Waals surface area (Å²) in [6.45, 7) is 1.76. The van der Waals surface area contributed by atoms with Gasteiger partial charge in [-0.15, -0.1) is 0 Å². The average molecular weight is 378 g/mol.